The van der Waals surface area contributed by atoms with E-state index in [1.54, 1.807) is 0 Å². The monoisotopic (exact) mass is 465 g/mol. The zero-order valence-corrected chi connectivity index (χ0v) is 20.1. The number of benzene rings is 1. The van der Waals surface area contributed by atoms with Gasteiger partial charge in [0.25, 0.3) is 0 Å². The van der Waals surface area contributed by atoms with Gasteiger partial charge in [-0.3, -0.25) is 4.90 Å². The molecule has 1 amide bonds. The Labute approximate surface area is 184 Å². The predicted molar refractivity (Wildman–Crippen MR) is 123 cm³/mol. The highest BCUT2D eigenvalue weighted by atomic mass is 79.9. The molecule has 29 heavy (non-hydrogen) atoms. The van der Waals surface area contributed by atoms with Gasteiger partial charge < -0.3 is 14.5 Å². The minimum atomic E-state index is -0.422. The number of nitrogens with zero attached hydrogens (tertiary/aromatic N) is 3. The first-order valence-electron chi connectivity index (χ1n) is 10.9. The van der Waals surface area contributed by atoms with E-state index < -0.39 is 5.60 Å². The summed E-state index contributed by atoms with van der Waals surface area (Å²) in [7, 11) is 0. The van der Waals surface area contributed by atoms with Crippen molar-refractivity contribution in [1.82, 2.24) is 9.80 Å². The lowest BCUT2D eigenvalue weighted by Gasteiger charge is -2.47. The molecule has 0 spiro atoms. The van der Waals surface area contributed by atoms with E-state index in [1.807, 2.05) is 25.7 Å². The van der Waals surface area contributed by atoms with Gasteiger partial charge in [0, 0.05) is 55.0 Å². The van der Waals surface area contributed by atoms with Crippen LogP contribution in [0, 0.1) is 5.92 Å². The van der Waals surface area contributed by atoms with Crippen LogP contribution in [0.5, 0.6) is 0 Å². The molecule has 0 aromatic heterocycles. The van der Waals surface area contributed by atoms with Gasteiger partial charge in [-0.2, -0.15) is 0 Å². The predicted octanol–water partition coefficient (Wildman–Crippen LogP) is 5.00. The van der Waals surface area contributed by atoms with E-state index in [9.17, 15) is 4.79 Å². The Morgan fingerprint density at radius 2 is 1.62 bits per heavy atom. The van der Waals surface area contributed by atoms with E-state index in [0.29, 0.717) is 18.0 Å². The summed E-state index contributed by atoms with van der Waals surface area (Å²) in [6.45, 7) is 15.4. The first kappa shape index (κ1) is 22.4. The number of halogens is 1. The zero-order chi connectivity index (χ0) is 21.2. The van der Waals surface area contributed by atoms with Crippen LogP contribution in [-0.4, -0.2) is 66.3 Å². The van der Waals surface area contributed by atoms with Gasteiger partial charge in [0.2, 0.25) is 0 Å². The molecule has 0 bridgehead atoms. The second kappa shape index (κ2) is 9.25. The molecule has 6 heteroatoms. The fourth-order valence-electron chi connectivity index (χ4n) is 4.69. The van der Waals surface area contributed by atoms with Gasteiger partial charge in [-0.25, -0.2) is 4.79 Å². The second-order valence-electron chi connectivity index (χ2n) is 9.71. The van der Waals surface area contributed by atoms with Gasteiger partial charge in [-0.05, 0) is 77.6 Å². The fraction of sp³-hybridized carbons (Fsp3) is 0.696. The van der Waals surface area contributed by atoms with Crippen LogP contribution in [0.2, 0.25) is 0 Å². The molecule has 5 nitrogen and oxygen atoms in total. The first-order valence-corrected chi connectivity index (χ1v) is 11.7. The first-order chi connectivity index (χ1) is 13.6. The summed E-state index contributed by atoms with van der Waals surface area (Å²) in [5.41, 5.74) is 0.882. The number of piperazine rings is 1. The summed E-state index contributed by atoms with van der Waals surface area (Å²) < 4.78 is 6.64. The van der Waals surface area contributed by atoms with Crippen LogP contribution in [0.15, 0.2) is 28.7 Å². The number of anilines is 1. The van der Waals surface area contributed by atoms with Crippen molar-refractivity contribution in [2.45, 2.75) is 65.1 Å². The van der Waals surface area contributed by atoms with E-state index in [4.69, 9.17) is 4.74 Å². The molecule has 2 aliphatic heterocycles. The lowest BCUT2D eigenvalue weighted by molar-refractivity contribution is 0.0165. The third-order valence-electron chi connectivity index (χ3n) is 5.90. The Balaban J connectivity index is 1.49. The zero-order valence-electron chi connectivity index (χ0n) is 18.5. The summed E-state index contributed by atoms with van der Waals surface area (Å²) in [5.74, 6) is 0.660. The number of amides is 1. The molecule has 2 fully saturated rings. The highest BCUT2D eigenvalue weighted by molar-refractivity contribution is 9.10. The lowest BCUT2D eigenvalue weighted by atomic mass is 9.95. The minimum Gasteiger partial charge on any atom is -0.444 e. The maximum absolute atomic E-state index is 12.3. The van der Waals surface area contributed by atoms with Crippen LogP contribution in [0.4, 0.5) is 10.5 Å². The average molecular weight is 466 g/mol. The van der Waals surface area contributed by atoms with E-state index in [0.717, 1.165) is 50.0 Å². The van der Waals surface area contributed by atoms with Crippen molar-refractivity contribution in [3.63, 3.8) is 0 Å². The fourth-order valence-corrected chi connectivity index (χ4v) is 4.96. The molecule has 0 N–H and O–H groups in total. The topological polar surface area (TPSA) is 36.0 Å². The van der Waals surface area contributed by atoms with E-state index >= 15 is 0 Å². The molecule has 2 saturated heterocycles. The summed E-state index contributed by atoms with van der Waals surface area (Å²) in [6.07, 6.45) is 1.96. The SMILES string of the molecule is CC1CN(CC2CCN(C(=O)OC(C)(C)C)CC2)CC(C)N1c1ccc(Br)cc1. The van der Waals surface area contributed by atoms with Crippen molar-refractivity contribution in [3.8, 4) is 0 Å². The van der Waals surface area contributed by atoms with Gasteiger partial charge >= 0.3 is 6.09 Å². The lowest BCUT2D eigenvalue weighted by Crippen LogP contribution is -2.58. The molecule has 2 aliphatic rings. The molecule has 1 aromatic rings. The summed E-state index contributed by atoms with van der Waals surface area (Å²) in [5, 5.41) is 0. The van der Waals surface area contributed by atoms with Crippen LogP contribution >= 0.6 is 15.9 Å². The van der Waals surface area contributed by atoms with Crippen molar-refractivity contribution in [1.29, 1.82) is 0 Å². The normalized spacial score (nSPS) is 24.6. The Bertz CT molecular complexity index is 668. The Hall–Kier alpha value is -1.27. The van der Waals surface area contributed by atoms with Crippen molar-refractivity contribution < 1.29 is 9.53 Å². The van der Waals surface area contributed by atoms with E-state index in [-0.39, 0.29) is 6.09 Å². The number of hydrogen-bond acceptors (Lipinski definition) is 4. The molecule has 2 atom stereocenters. The van der Waals surface area contributed by atoms with Crippen LogP contribution in [0.1, 0.15) is 47.5 Å². The number of carbonyl (C=O) groups excluding carboxylic acids is 1. The van der Waals surface area contributed by atoms with E-state index in [1.165, 1.54) is 5.69 Å². The molecule has 2 unspecified atom stereocenters. The molecular weight excluding hydrogens is 430 g/mol. The smallest absolute Gasteiger partial charge is 0.410 e. The van der Waals surface area contributed by atoms with Crippen molar-refractivity contribution in [2.24, 2.45) is 5.92 Å². The van der Waals surface area contributed by atoms with E-state index in [2.05, 4.69) is 63.8 Å². The molecule has 3 rings (SSSR count). The molecular formula is C23H36BrN3O2. The third-order valence-corrected chi connectivity index (χ3v) is 6.43. The Kier molecular flexibility index (Phi) is 7.15. The van der Waals surface area contributed by atoms with Crippen LogP contribution in [0.3, 0.4) is 0 Å². The minimum absolute atomic E-state index is 0.165. The summed E-state index contributed by atoms with van der Waals surface area (Å²) >= 11 is 3.53. The highest BCUT2D eigenvalue weighted by Gasteiger charge is 2.32. The largest absolute Gasteiger partial charge is 0.444 e. The average Bonchev–Trinajstić information content (AvgIpc) is 2.62. The number of likely N-dealkylation sites (tertiary alicyclic amines) is 1. The van der Waals surface area contributed by atoms with Crippen molar-refractivity contribution in [3.05, 3.63) is 28.7 Å². The van der Waals surface area contributed by atoms with Crippen LogP contribution in [-0.2, 0) is 4.74 Å². The summed E-state index contributed by atoms with van der Waals surface area (Å²) in [4.78, 5) is 19.3. The quantitative estimate of drug-likeness (QED) is 0.629. The van der Waals surface area contributed by atoms with Crippen LogP contribution < -0.4 is 4.90 Å². The van der Waals surface area contributed by atoms with Gasteiger partial charge in [-0.1, -0.05) is 15.9 Å². The Morgan fingerprint density at radius 3 is 2.14 bits per heavy atom. The van der Waals surface area contributed by atoms with Crippen LogP contribution in [0.25, 0.3) is 0 Å². The Morgan fingerprint density at radius 1 is 1.07 bits per heavy atom. The molecule has 1 aromatic carbocycles. The standard InChI is InChI=1S/C23H36BrN3O2/c1-17-14-25(15-18(2)27(17)21-8-6-20(24)7-9-21)16-19-10-12-26(13-11-19)22(28)29-23(3,4)5/h6-9,17-19H,10-16H2,1-5H3. The number of piperidine rings is 1. The molecule has 2 heterocycles. The number of ether oxygens (including phenoxy) is 1. The summed E-state index contributed by atoms with van der Waals surface area (Å²) in [6, 6.07) is 9.64. The molecule has 0 aliphatic carbocycles. The molecule has 0 saturated carbocycles. The molecule has 162 valence electrons. The third kappa shape index (κ3) is 6.11. The van der Waals surface area contributed by atoms with Crippen molar-refractivity contribution in [2.75, 3.05) is 37.6 Å². The van der Waals surface area contributed by atoms with Gasteiger partial charge in [0.1, 0.15) is 5.60 Å². The highest BCUT2D eigenvalue weighted by Crippen LogP contribution is 2.28. The van der Waals surface area contributed by atoms with Gasteiger partial charge in [0.05, 0.1) is 0 Å². The van der Waals surface area contributed by atoms with Gasteiger partial charge in [-0.15, -0.1) is 0 Å². The number of hydrogen-bond donors (Lipinski definition) is 0. The van der Waals surface area contributed by atoms with Gasteiger partial charge in [0.15, 0.2) is 0 Å². The second-order valence-corrected chi connectivity index (χ2v) is 10.6. The number of rotatable bonds is 3. The maximum Gasteiger partial charge on any atom is 0.410 e. The maximum atomic E-state index is 12.3. The number of carbonyl (C=O) groups is 1. The molecule has 0 radical (unpaired) electrons. The van der Waals surface area contributed by atoms with Crippen molar-refractivity contribution >= 4 is 27.7 Å².